The highest BCUT2D eigenvalue weighted by Gasteiger charge is 2.00. The van der Waals surface area contributed by atoms with Crippen molar-refractivity contribution in [1.82, 2.24) is 9.78 Å². The van der Waals surface area contributed by atoms with Gasteiger partial charge in [-0.05, 0) is 17.7 Å². The lowest BCUT2D eigenvalue weighted by molar-refractivity contribution is 0.305. The van der Waals surface area contributed by atoms with Gasteiger partial charge in [0.05, 0.1) is 18.9 Å². The normalized spacial score (nSPS) is 10.4. The lowest BCUT2D eigenvalue weighted by atomic mass is 10.2. The Bertz CT molecular complexity index is 482. The van der Waals surface area contributed by atoms with E-state index in [-0.39, 0.29) is 5.75 Å². The number of nitrogens with two attached hydrogens (primary N) is 1. The average Bonchev–Trinajstić information content (AvgIpc) is 2.75. The molecule has 2 rings (SSSR count). The van der Waals surface area contributed by atoms with Crippen LogP contribution in [0.4, 0.5) is 0 Å². The summed E-state index contributed by atoms with van der Waals surface area (Å²) in [5.74, 6) is 0.937. The number of aromatic hydroxyl groups is 1. The fourth-order valence-corrected chi connectivity index (χ4v) is 1.49. The lowest BCUT2D eigenvalue weighted by Gasteiger charge is -2.03. The molecule has 0 unspecified atom stereocenters. The van der Waals surface area contributed by atoms with E-state index in [1.54, 1.807) is 35.3 Å². The molecule has 1 aromatic carbocycles. The molecule has 1 aromatic heterocycles. The van der Waals surface area contributed by atoms with Gasteiger partial charge in [-0.25, -0.2) is 0 Å². The first-order valence-electron chi connectivity index (χ1n) is 5.41. The molecule has 0 spiro atoms. The summed E-state index contributed by atoms with van der Waals surface area (Å²) >= 11 is 0. The molecule has 3 N–H and O–H groups in total. The summed E-state index contributed by atoms with van der Waals surface area (Å²) in [7, 11) is 0. The topological polar surface area (TPSA) is 73.3 Å². The summed E-state index contributed by atoms with van der Waals surface area (Å²) in [5.41, 5.74) is 6.34. The third-order valence-electron chi connectivity index (χ3n) is 2.28. The number of benzene rings is 1. The molecule has 0 atom stereocenters. The second-order valence-corrected chi connectivity index (χ2v) is 3.69. The second-order valence-electron chi connectivity index (χ2n) is 3.69. The maximum atomic E-state index is 9.30. The SMILES string of the molecule is NCCn1cc(OCc2cccc(O)c2)cn1. The predicted molar refractivity (Wildman–Crippen MR) is 63.7 cm³/mol. The summed E-state index contributed by atoms with van der Waals surface area (Å²) < 4.78 is 7.27. The minimum absolute atomic E-state index is 0.241. The maximum Gasteiger partial charge on any atom is 0.157 e. The van der Waals surface area contributed by atoms with Gasteiger partial charge >= 0.3 is 0 Å². The first-order chi connectivity index (χ1) is 8.28. The minimum atomic E-state index is 0.241. The van der Waals surface area contributed by atoms with E-state index in [0.717, 1.165) is 5.56 Å². The van der Waals surface area contributed by atoms with Gasteiger partial charge in [-0.2, -0.15) is 5.10 Å². The number of hydrogen-bond acceptors (Lipinski definition) is 4. The third kappa shape index (κ3) is 3.22. The Labute approximate surface area is 99.4 Å². The molecular formula is C12H15N3O2. The molecule has 2 aromatic rings. The quantitative estimate of drug-likeness (QED) is 0.811. The predicted octanol–water partition coefficient (Wildman–Crippen LogP) is 1.13. The van der Waals surface area contributed by atoms with E-state index < -0.39 is 0 Å². The Kier molecular flexibility index (Phi) is 3.62. The molecule has 0 aliphatic rings. The van der Waals surface area contributed by atoms with Crippen LogP contribution < -0.4 is 10.5 Å². The van der Waals surface area contributed by atoms with E-state index in [2.05, 4.69) is 5.10 Å². The number of hydrogen-bond donors (Lipinski definition) is 2. The van der Waals surface area contributed by atoms with Crippen molar-refractivity contribution in [1.29, 1.82) is 0 Å². The van der Waals surface area contributed by atoms with Crippen LogP contribution in [-0.2, 0) is 13.2 Å². The van der Waals surface area contributed by atoms with Crippen molar-refractivity contribution in [2.45, 2.75) is 13.2 Å². The Morgan fingerprint density at radius 3 is 3.06 bits per heavy atom. The molecule has 0 saturated heterocycles. The van der Waals surface area contributed by atoms with E-state index in [0.29, 0.717) is 25.4 Å². The van der Waals surface area contributed by atoms with Crippen molar-refractivity contribution >= 4 is 0 Å². The van der Waals surface area contributed by atoms with Gasteiger partial charge in [0.15, 0.2) is 5.75 Å². The first kappa shape index (κ1) is 11.5. The first-order valence-corrected chi connectivity index (χ1v) is 5.41. The number of phenols is 1. The molecule has 0 aliphatic carbocycles. The standard InChI is InChI=1S/C12H15N3O2/c13-4-5-15-8-12(7-14-15)17-9-10-2-1-3-11(16)6-10/h1-3,6-8,16H,4-5,9,13H2. The van der Waals surface area contributed by atoms with Gasteiger partial charge in [0.2, 0.25) is 0 Å². The van der Waals surface area contributed by atoms with Crippen LogP contribution in [0.2, 0.25) is 0 Å². The molecule has 0 radical (unpaired) electrons. The van der Waals surface area contributed by atoms with E-state index in [1.807, 2.05) is 6.07 Å². The highest BCUT2D eigenvalue weighted by Crippen LogP contribution is 2.14. The van der Waals surface area contributed by atoms with Crippen LogP contribution in [0, 0.1) is 0 Å². The smallest absolute Gasteiger partial charge is 0.157 e. The highest BCUT2D eigenvalue weighted by atomic mass is 16.5. The van der Waals surface area contributed by atoms with Gasteiger partial charge in [-0.1, -0.05) is 12.1 Å². The number of aromatic nitrogens is 2. The van der Waals surface area contributed by atoms with Crippen molar-refractivity contribution in [3.63, 3.8) is 0 Å². The molecule has 0 amide bonds. The van der Waals surface area contributed by atoms with Crippen LogP contribution in [0.15, 0.2) is 36.7 Å². The molecular weight excluding hydrogens is 218 g/mol. The van der Waals surface area contributed by atoms with Gasteiger partial charge in [0.1, 0.15) is 12.4 Å². The second kappa shape index (κ2) is 5.36. The van der Waals surface area contributed by atoms with Gasteiger partial charge in [-0.15, -0.1) is 0 Å². The summed E-state index contributed by atoms with van der Waals surface area (Å²) in [5, 5.41) is 13.4. The fraction of sp³-hybridized carbons (Fsp3) is 0.250. The van der Waals surface area contributed by atoms with Crippen LogP contribution in [-0.4, -0.2) is 21.4 Å². The lowest BCUT2D eigenvalue weighted by Crippen LogP contribution is -2.09. The van der Waals surface area contributed by atoms with Gasteiger partial charge in [0, 0.05) is 6.54 Å². The minimum Gasteiger partial charge on any atom is -0.508 e. The summed E-state index contributed by atoms with van der Waals surface area (Å²) in [4.78, 5) is 0. The zero-order chi connectivity index (χ0) is 12.1. The highest BCUT2D eigenvalue weighted by molar-refractivity contribution is 5.27. The Morgan fingerprint density at radius 1 is 1.41 bits per heavy atom. The number of rotatable bonds is 5. The van der Waals surface area contributed by atoms with Crippen LogP contribution in [0.5, 0.6) is 11.5 Å². The van der Waals surface area contributed by atoms with Crippen molar-refractivity contribution in [2.75, 3.05) is 6.54 Å². The Balaban J connectivity index is 1.93. The zero-order valence-electron chi connectivity index (χ0n) is 9.41. The van der Waals surface area contributed by atoms with Gasteiger partial charge in [0.25, 0.3) is 0 Å². The molecule has 0 fully saturated rings. The van der Waals surface area contributed by atoms with Crippen LogP contribution in [0.3, 0.4) is 0 Å². The zero-order valence-corrected chi connectivity index (χ0v) is 9.41. The molecule has 17 heavy (non-hydrogen) atoms. The summed E-state index contributed by atoms with van der Waals surface area (Å²) in [6, 6.07) is 6.98. The molecule has 5 heteroatoms. The summed E-state index contributed by atoms with van der Waals surface area (Å²) in [6.45, 7) is 1.63. The van der Waals surface area contributed by atoms with Crippen molar-refractivity contribution in [3.8, 4) is 11.5 Å². The molecule has 0 saturated carbocycles. The molecule has 1 heterocycles. The average molecular weight is 233 g/mol. The third-order valence-corrected chi connectivity index (χ3v) is 2.28. The molecule has 90 valence electrons. The number of phenolic OH excluding ortho intramolecular Hbond substituents is 1. The number of nitrogens with zero attached hydrogens (tertiary/aromatic N) is 2. The summed E-state index contributed by atoms with van der Waals surface area (Å²) in [6.07, 6.45) is 3.45. The largest absolute Gasteiger partial charge is 0.508 e. The van der Waals surface area contributed by atoms with E-state index >= 15 is 0 Å². The Morgan fingerprint density at radius 2 is 2.29 bits per heavy atom. The van der Waals surface area contributed by atoms with Crippen molar-refractivity contribution < 1.29 is 9.84 Å². The van der Waals surface area contributed by atoms with E-state index in [1.165, 1.54) is 0 Å². The monoisotopic (exact) mass is 233 g/mol. The fourth-order valence-electron chi connectivity index (χ4n) is 1.49. The Hall–Kier alpha value is -2.01. The molecule has 5 nitrogen and oxygen atoms in total. The van der Waals surface area contributed by atoms with Crippen molar-refractivity contribution in [3.05, 3.63) is 42.2 Å². The molecule has 0 bridgehead atoms. The van der Waals surface area contributed by atoms with Gasteiger partial charge < -0.3 is 15.6 Å². The molecule has 0 aliphatic heterocycles. The van der Waals surface area contributed by atoms with Gasteiger partial charge in [-0.3, -0.25) is 4.68 Å². The maximum absolute atomic E-state index is 9.30. The van der Waals surface area contributed by atoms with Crippen molar-refractivity contribution in [2.24, 2.45) is 5.73 Å². The van der Waals surface area contributed by atoms with Crippen LogP contribution in [0.25, 0.3) is 0 Å². The van der Waals surface area contributed by atoms with Crippen LogP contribution in [0.1, 0.15) is 5.56 Å². The van der Waals surface area contributed by atoms with Crippen LogP contribution >= 0.6 is 0 Å². The number of ether oxygens (including phenoxy) is 1. The van der Waals surface area contributed by atoms with E-state index in [9.17, 15) is 5.11 Å². The van der Waals surface area contributed by atoms with E-state index in [4.69, 9.17) is 10.5 Å².